The molecule has 18 heavy (non-hydrogen) atoms. The summed E-state index contributed by atoms with van der Waals surface area (Å²) in [4.78, 5) is 10.2. The molecule has 0 unspecified atom stereocenters. The Bertz CT molecular complexity index is 487. The van der Waals surface area contributed by atoms with Crippen molar-refractivity contribution >= 4 is 5.69 Å². The van der Waals surface area contributed by atoms with Gasteiger partial charge in [0.15, 0.2) is 0 Å². The van der Waals surface area contributed by atoms with Gasteiger partial charge in [-0.05, 0) is 30.2 Å². The molecule has 2 aromatic rings. The molecule has 0 saturated heterocycles. The Kier molecular flexibility index (Phi) is 4.25. The molecule has 0 aliphatic carbocycles. The molecule has 2 heterocycles. The van der Waals surface area contributed by atoms with Crippen molar-refractivity contribution in [3.05, 3.63) is 54.1 Å². The molecule has 4 heteroatoms. The summed E-state index contributed by atoms with van der Waals surface area (Å²) < 4.78 is 0. The summed E-state index contributed by atoms with van der Waals surface area (Å²) >= 11 is 0. The van der Waals surface area contributed by atoms with Crippen LogP contribution in [0.1, 0.15) is 11.1 Å². The maximum absolute atomic E-state index is 9.29. The highest BCUT2D eigenvalue weighted by atomic mass is 16.3. The first-order valence-corrected chi connectivity index (χ1v) is 5.95. The highest BCUT2D eigenvalue weighted by Gasteiger charge is 2.06. The van der Waals surface area contributed by atoms with Crippen LogP contribution in [0.25, 0.3) is 0 Å². The molecule has 0 saturated carbocycles. The molecule has 1 N–H and O–H groups in total. The van der Waals surface area contributed by atoms with Gasteiger partial charge in [-0.2, -0.15) is 0 Å². The fraction of sp³-hybridized carbons (Fsp3) is 0.286. The normalized spacial score (nSPS) is 10.3. The van der Waals surface area contributed by atoms with E-state index in [0.29, 0.717) is 0 Å². The number of likely N-dealkylation sites (N-methyl/N-ethyl adjacent to an activating group) is 1. The molecule has 0 radical (unpaired) electrons. The number of hydrogen-bond donors (Lipinski definition) is 1. The summed E-state index contributed by atoms with van der Waals surface area (Å²) in [5.41, 5.74) is 3.14. The second-order valence-electron chi connectivity index (χ2n) is 4.19. The average Bonchev–Trinajstić information content (AvgIpc) is 2.45. The number of aliphatic hydroxyl groups excluding tert-OH is 1. The van der Waals surface area contributed by atoms with E-state index in [1.165, 1.54) is 5.56 Å². The van der Waals surface area contributed by atoms with Crippen molar-refractivity contribution in [2.45, 2.75) is 13.0 Å². The summed E-state index contributed by atoms with van der Waals surface area (Å²) in [6, 6.07) is 5.88. The van der Waals surface area contributed by atoms with E-state index in [2.05, 4.69) is 14.9 Å². The predicted molar refractivity (Wildman–Crippen MR) is 71.4 cm³/mol. The lowest BCUT2D eigenvalue weighted by Gasteiger charge is -2.21. The van der Waals surface area contributed by atoms with Gasteiger partial charge < -0.3 is 10.0 Å². The highest BCUT2D eigenvalue weighted by molar-refractivity contribution is 5.50. The Morgan fingerprint density at radius 3 is 2.56 bits per heavy atom. The van der Waals surface area contributed by atoms with Crippen LogP contribution in [-0.2, 0) is 13.0 Å². The zero-order valence-electron chi connectivity index (χ0n) is 10.5. The van der Waals surface area contributed by atoms with Crippen molar-refractivity contribution in [1.82, 2.24) is 9.97 Å². The third kappa shape index (κ3) is 3.05. The molecular weight excluding hydrogens is 226 g/mol. The van der Waals surface area contributed by atoms with Crippen LogP contribution < -0.4 is 4.90 Å². The van der Waals surface area contributed by atoms with E-state index in [-0.39, 0.29) is 6.61 Å². The first-order chi connectivity index (χ1) is 8.81. The molecular formula is C14H17N3O. The van der Waals surface area contributed by atoms with E-state index in [0.717, 1.165) is 24.2 Å². The van der Waals surface area contributed by atoms with Crippen molar-refractivity contribution in [3.8, 4) is 0 Å². The molecule has 0 bridgehead atoms. The monoisotopic (exact) mass is 243 g/mol. The number of anilines is 1. The Morgan fingerprint density at radius 2 is 1.83 bits per heavy atom. The van der Waals surface area contributed by atoms with E-state index >= 15 is 0 Å². The second kappa shape index (κ2) is 6.12. The van der Waals surface area contributed by atoms with Crippen LogP contribution in [0.5, 0.6) is 0 Å². The Balaban J connectivity index is 2.01. The Labute approximate surface area is 107 Å². The summed E-state index contributed by atoms with van der Waals surface area (Å²) in [7, 11) is 2.01. The van der Waals surface area contributed by atoms with Gasteiger partial charge in [-0.15, -0.1) is 0 Å². The number of aromatic nitrogens is 2. The lowest BCUT2D eigenvalue weighted by molar-refractivity contribution is 0.282. The van der Waals surface area contributed by atoms with Crippen molar-refractivity contribution < 1.29 is 5.11 Å². The standard InChI is InChI=1S/C14H17N3O/c1-17(9-5-12-2-6-15-7-3-12)14-10-16-8-4-13(14)11-18/h2-4,6-8,10,18H,5,9,11H2,1H3. The third-order valence-corrected chi connectivity index (χ3v) is 2.95. The molecule has 4 nitrogen and oxygen atoms in total. The molecule has 2 rings (SSSR count). The predicted octanol–water partition coefficient (Wildman–Crippen LogP) is 1.65. The summed E-state index contributed by atoms with van der Waals surface area (Å²) in [6.45, 7) is 0.917. The number of hydrogen-bond acceptors (Lipinski definition) is 4. The SMILES string of the molecule is CN(CCc1ccncc1)c1cnccc1CO. The number of rotatable bonds is 5. The third-order valence-electron chi connectivity index (χ3n) is 2.95. The van der Waals surface area contributed by atoms with Crippen LogP contribution in [0.4, 0.5) is 5.69 Å². The van der Waals surface area contributed by atoms with Crippen LogP contribution in [0, 0.1) is 0 Å². The molecule has 0 spiro atoms. The van der Waals surface area contributed by atoms with Gasteiger partial charge in [0.25, 0.3) is 0 Å². The van der Waals surface area contributed by atoms with Crippen molar-refractivity contribution in [3.63, 3.8) is 0 Å². The zero-order valence-corrected chi connectivity index (χ0v) is 10.5. The van der Waals surface area contributed by atoms with Gasteiger partial charge >= 0.3 is 0 Å². The minimum Gasteiger partial charge on any atom is -0.392 e. The van der Waals surface area contributed by atoms with Crippen LogP contribution >= 0.6 is 0 Å². The van der Waals surface area contributed by atoms with Crippen LogP contribution in [0.3, 0.4) is 0 Å². The van der Waals surface area contributed by atoms with Crippen LogP contribution in [0.2, 0.25) is 0 Å². The number of aliphatic hydroxyl groups is 1. The van der Waals surface area contributed by atoms with Crippen LogP contribution in [0.15, 0.2) is 43.0 Å². The average molecular weight is 243 g/mol. The Morgan fingerprint density at radius 1 is 1.11 bits per heavy atom. The summed E-state index contributed by atoms with van der Waals surface area (Å²) in [5.74, 6) is 0. The highest BCUT2D eigenvalue weighted by Crippen LogP contribution is 2.17. The maximum atomic E-state index is 9.29. The first-order valence-electron chi connectivity index (χ1n) is 5.95. The second-order valence-corrected chi connectivity index (χ2v) is 4.19. The molecule has 2 aromatic heterocycles. The maximum Gasteiger partial charge on any atom is 0.0703 e. The summed E-state index contributed by atoms with van der Waals surface area (Å²) in [6.07, 6.45) is 8.04. The van der Waals surface area contributed by atoms with E-state index in [4.69, 9.17) is 0 Å². The minimum absolute atomic E-state index is 0.0391. The van der Waals surface area contributed by atoms with E-state index in [1.54, 1.807) is 24.8 Å². The molecule has 0 atom stereocenters. The van der Waals surface area contributed by atoms with Gasteiger partial charge in [-0.25, -0.2) is 0 Å². The number of nitrogens with zero attached hydrogens (tertiary/aromatic N) is 3. The fourth-order valence-corrected chi connectivity index (χ4v) is 1.86. The Hall–Kier alpha value is -1.94. The van der Waals surface area contributed by atoms with Gasteiger partial charge in [-0.3, -0.25) is 9.97 Å². The molecule has 94 valence electrons. The minimum atomic E-state index is 0.0391. The first kappa shape index (κ1) is 12.5. The topological polar surface area (TPSA) is 49.2 Å². The van der Waals surface area contributed by atoms with Gasteiger partial charge in [0.1, 0.15) is 0 Å². The quantitative estimate of drug-likeness (QED) is 0.867. The largest absolute Gasteiger partial charge is 0.392 e. The van der Waals surface area contributed by atoms with Crippen molar-refractivity contribution in [1.29, 1.82) is 0 Å². The molecule has 0 amide bonds. The smallest absolute Gasteiger partial charge is 0.0703 e. The van der Waals surface area contributed by atoms with Gasteiger partial charge in [0.05, 0.1) is 18.5 Å². The van der Waals surface area contributed by atoms with E-state index < -0.39 is 0 Å². The molecule has 0 aliphatic heterocycles. The van der Waals surface area contributed by atoms with Crippen molar-refractivity contribution in [2.75, 3.05) is 18.5 Å². The summed E-state index contributed by atoms with van der Waals surface area (Å²) in [5, 5.41) is 9.29. The molecule has 0 fully saturated rings. The van der Waals surface area contributed by atoms with Gasteiger partial charge in [-0.1, -0.05) is 0 Å². The molecule has 0 aromatic carbocycles. The zero-order chi connectivity index (χ0) is 12.8. The van der Waals surface area contributed by atoms with Gasteiger partial charge in [0.2, 0.25) is 0 Å². The van der Waals surface area contributed by atoms with Crippen LogP contribution in [-0.4, -0.2) is 28.7 Å². The lowest BCUT2D eigenvalue weighted by atomic mass is 10.1. The number of pyridine rings is 2. The van der Waals surface area contributed by atoms with E-state index in [1.807, 2.05) is 25.2 Å². The lowest BCUT2D eigenvalue weighted by Crippen LogP contribution is -2.21. The van der Waals surface area contributed by atoms with Crippen molar-refractivity contribution in [2.24, 2.45) is 0 Å². The van der Waals surface area contributed by atoms with Gasteiger partial charge in [0, 0.05) is 37.7 Å². The fourth-order valence-electron chi connectivity index (χ4n) is 1.86. The van der Waals surface area contributed by atoms with E-state index in [9.17, 15) is 5.11 Å². The molecule has 0 aliphatic rings.